The maximum atomic E-state index is 2.43. The Morgan fingerprint density at radius 3 is 0.583 bits per heavy atom. The van der Waals surface area contributed by atoms with E-state index >= 15 is 0 Å². The highest BCUT2D eigenvalue weighted by Crippen LogP contribution is 2.15. The summed E-state index contributed by atoms with van der Waals surface area (Å²) in [6, 6.07) is 0. The Morgan fingerprint density at radius 2 is 0.389 bits per heavy atom. The monoisotopic (exact) mass is 503 g/mol. The lowest BCUT2D eigenvalue weighted by molar-refractivity contribution is 0.524. The van der Waals surface area contributed by atoms with E-state index in [2.05, 4.69) is 38.2 Å². The van der Waals surface area contributed by atoms with E-state index in [1.165, 1.54) is 193 Å². The number of rotatable bonds is 31. The smallest absolute Gasteiger partial charge is 0.0351 e. The van der Waals surface area contributed by atoms with E-state index in [-0.39, 0.29) is 0 Å². The Morgan fingerprint density at radius 1 is 0.222 bits per heavy atom. The molecule has 0 bridgehead atoms. The number of hydrogen-bond donors (Lipinski definition) is 0. The average molecular weight is 503 g/mol. The molecule has 0 atom stereocenters. The summed E-state index contributed by atoms with van der Waals surface area (Å²) in [7, 11) is 0. The maximum Gasteiger partial charge on any atom is -0.0351 e. The first-order valence-corrected chi connectivity index (χ1v) is 17.2. The highest BCUT2D eigenvalue weighted by Gasteiger charge is 1.95. The van der Waals surface area contributed by atoms with Gasteiger partial charge < -0.3 is 0 Å². The average Bonchev–Trinajstić information content (AvgIpc) is 2.89. The molecule has 0 aromatic carbocycles. The summed E-state index contributed by atoms with van der Waals surface area (Å²) in [4.78, 5) is 0. The van der Waals surface area contributed by atoms with E-state index in [0.717, 1.165) is 0 Å². The van der Waals surface area contributed by atoms with E-state index in [9.17, 15) is 0 Å². The van der Waals surface area contributed by atoms with Crippen molar-refractivity contribution >= 4 is 0 Å². The van der Waals surface area contributed by atoms with Crippen molar-refractivity contribution in [3.05, 3.63) is 24.3 Å². The molecule has 0 heterocycles. The fraction of sp³-hybridized carbons (Fsp3) is 0.889. The molecule has 0 saturated carbocycles. The van der Waals surface area contributed by atoms with Crippen LogP contribution >= 0.6 is 0 Å². The summed E-state index contributed by atoms with van der Waals surface area (Å²) < 4.78 is 0. The fourth-order valence-corrected chi connectivity index (χ4v) is 5.20. The molecule has 0 saturated heterocycles. The van der Waals surface area contributed by atoms with Crippen molar-refractivity contribution in [1.82, 2.24) is 0 Å². The Bertz CT molecular complexity index is 378. The van der Waals surface area contributed by atoms with Gasteiger partial charge in [0.25, 0.3) is 0 Å². The summed E-state index contributed by atoms with van der Waals surface area (Å²) in [5.41, 5.74) is 0. The second-order valence-electron chi connectivity index (χ2n) is 11.6. The molecule has 0 aliphatic heterocycles. The van der Waals surface area contributed by atoms with E-state index in [4.69, 9.17) is 0 Å². The van der Waals surface area contributed by atoms with Crippen molar-refractivity contribution in [2.24, 2.45) is 0 Å². The van der Waals surface area contributed by atoms with Crippen LogP contribution in [0.3, 0.4) is 0 Å². The molecule has 0 aromatic heterocycles. The van der Waals surface area contributed by atoms with Crippen LogP contribution in [0.15, 0.2) is 24.3 Å². The Labute approximate surface area is 230 Å². The van der Waals surface area contributed by atoms with Gasteiger partial charge in [-0.2, -0.15) is 0 Å². The van der Waals surface area contributed by atoms with Gasteiger partial charge in [0.05, 0.1) is 0 Å². The standard InChI is InChI=1S/C36H70/c1-3-5-7-9-11-13-15-17-19-21-23-25-27-29-31-33-35-36-34-32-30-28-26-24-22-20-18-16-14-12-10-8-6-4-2/h13-16H,3-12,17-36H2,1-2H3/b15-13+,16-14?. The van der Waals surface area contributed by atoms with E-state index < -0.39 is 0 Å². The van der Waals surface area contributed by atoms with E-state index in [1.807, 2.05) is 0 Å². The Kier molecular flexibility index (Phi) is 34.0. The first-order chi connectivity index (χ1) is 17.9. The molecule has 0 aliphatic rings. The van der Waals surface area contributed by atoms with Crippen LogP contribution in [0.1, 0.15) is 206 Å². The minimum absolute atomic E-state index is 1.30. The van der Waals surface area contributed by atoms with Gasteiger partial charge in [-0.05, 0) is 51.4 Å². The normalized spacial score (nSPS) is 11.9. The topological polar surface area (TPSA) is 0 Å². The lowest BCUT2D eigenvalue weighted by atomic mass is 10.0. The van der Waals surface area contributed by atoms with Crippen molar-refractivity contribution in [2.45, 2.75) is 206 Å². The van der Waals surface area contributed by atoms with Gasteiger partial charge in [-0.1, -0.05) is 179 Å². The van der Waals surface area contributed by atoms with Gasteiger partial charge in [-0.15, -0.1) is 0 Å². The van der Waals surface area contributed by atoms with Gasteiger partial charge in [0.1, 0.15) is 0 Å². The third kappa shape index (κ3) is 33.5. The zero-order valence-electron chi connectivity index (χ0n) is 25.5. The first-order valence-electron chi connectivity index (χ1n) is 17.2. The zero-order chi connectivity index (χ0) is 26.0. The third-order valence-corrected chi connectivity index (χ3v) is 7.77. The van der Waals surface area contributed by atoms with Crippen LogP contribution < -0.4 is 0 Å². The summed E-state index contributed by atoms with van der Waals surface area (Å²) in [5, 5.41) is 0. The zero-order valence-corrected chi connectivity index (χ0v) is 25.5. The fourth-order valence-electron chi connectivity index (χ4n) is 5.20. The summed E-state index contributed by atoms with van der Waals surface area (Å²) in [6.07, 6.45) is 52.4. The van der Waals surface area contributed by atoms with Crippen LogP contribution in [-0.2, 0) is 0 Å². The summed E-state index contributed by atoms with van der Waals surface area (Å²) in [5.74, 6) is 0. The number of unbranched alkanes of at least 4 members (excludes halogenated alkanes) is 27. The lowest BCUT2D eigenvalue weighted by Crippen LogP contribution is -1.84. The molecule has 0 amide bonds. The minimum Gasteiger partial charge on any atom is -0.0885 e. The molecule has 0 radical (unpaired) electrons. The van der Waals surface area contributed by atoms with Crippen LogP contribution in [0, 0.1) is 0 Å². The minimum atomic E-state index is 1.30. The largest absolute Gasteiger partial charge is 0.0885 e. The van der Waals surface area contributed by atoms with Crippen molar-refractivity contribution in [2.75, 3.05) is 0 Å². The molecule has 0 spiro atoms. The highest BCUT2D eigenvalue weighted by atomic mass is 14.0. The molecular formula is C36H70. The number of allylic oxidation sites excluding steroid dienone is 4. The second-order valence-corrected chi connectivity index (χ2v) is 11.6. The van der Waals surface area contributed by atoms with Crippen LogP contribution in [0.25, 0.3) is 0 Å². The first kappa shape index (κ1) is 35.5. The SMILES string of the molecule is CCCCCCC=CCCCCCCCCCCCCCCCCCCCC/C=C/CCCCCC. The van der Waals surface area contributed by atoms with Crippen molar-refractivity contribution in [1.29, 1.82) is 0 Å². The van der Waals surface area contributed by atoms with Gasteiger partial charge in [-0.25, -0.2) is 0 Å². The van der Waals surface area contributed by atoms with Crippen molar-refractivity contribution in [3.63, 3.8) is 0 Å². The molecule has 0 aliphatic carbocycles. The highest BCUT2D eigenvalue weighted by molar-refractivity contribution is 4.81. The molecule has 214 valence electrons. The predicted octanol–water partition coefficient (Wildman–Crippen LogP) is 13.8. The predicted molar refractivity (Wildman–Crippen MR) is 168 cm³/mol. The van der Waals surface area contributed by atoms with Crippen molar-refractivity contribution < 1.29 is 0 Å². The molecular weight excluding hydrogens is 432 g/mol. The Balaban J connectivity index is 3.07. The Hall–Kier alpha value is -0.520. The van der Waals surface area contributed by atoms with Crippen LogP contribution in [0.4, 0.5) is 0 Å². The quantitative estimate of drug-likeness (QED) is 0.0653. The molecule has 0 fully saturated rings. The number of hydrogen-bond acceptors (Lipinski definition) is 0. The summed E-state index contributed by atoms with van der Waals surface area (Å²) in [6.45, 7) is 4.58. The molecule has 0 heteroatoms. The lowest BCUT2D eigenvalue weighted by Gasteiger charge is -2.04. The van der Waals surface area contributed by atoms with Gasteiger partial charge in [0.2, 0.25) is 0 Å². The van der Waals surface area contributed by atoms with Crippen LogP contribution in [0.2, 0.25) is 0 Å². The van der Waals surface area contributed by atoms with Gasteiger partial charge in [-0.3, -0.25) is 0 Å². The van der Waals surface area contributed by atoms with E-state index in [1.54, 1.807) is 0 Å². The van der Waals surface area contributed by atoms with Crippen LogP contribution in [0.5, 0.6) is 0 Å². The summed E-state index contributed by atoms with van der Waals surface area (Å²) >= 11 is 0. The molecule has 0 unspecified atom stereocenters. The molecule has 0 rings (SSSR count). The molecule has 36 heavy (non-hydrogen) atoms. The third-order valence-electron chi connectivity index (χ3n) is 7.77. The van der Waals surface area contributed by atoms with Gasteiger partial charge in [0.15, 0.2) is 0 Å². The van der Waals surface area contributed by atoms with Crippen LogP contribution in [-0.4, -0.2) is 0 Å². The van der Waals surface area contributed by atoms with E-state index in [0.29, 0.717) is 0 Å². The molecule has 0 N–H and O–H groups in total. The van der Waals surface area contributed by atoms with Gasteiger partial charge >= 0.3 is 0 Å². The molecule has 0 nitrogen and oxygen atoms in total. The van der Waals surface area contributed by atoms with Crippen molar-refractivity contribution in [3.8, 4) is 0 Å². The molecule has 0 aromatic rings. The maximum absolute atomic E-state index is 2.43. The second kappa shape index (κ2) is 34.5. The van der Waals surface area contributed by atoms with Gasteiger partial charge in [0, 0.05) is 0 Å².